The van der Waals surface area contributed by atoms with Crippen LogP contribution < -0.4 is 24.5 Å². The van der Waals surface area contributed by atoms with E-state index in [-0.39, 0.29) is 22.8 Å². The number of para-hydroxylation sites is 1. The molecule has 2 aliphatic rings. The summed E-state index contributed by atoms with van der Waals surface area (Å²) >= 11 is 0. The summed E-state index contributed by atoms with van der Waals surface area (Å²) in [7, 11) is 1.55. The lowest BCUT2D eigenvalue weighted by Gasteiger charge is -2.30. The van der Waals surface area contributed by atoms with Crippen molar-refractivity contribution in [3.05, 3.63) is 78.5 Å². The number of fused-ring (bicyclic) bond motifs is 1. The molecular weight excluding hydrogens is 620 g/mol. The second kappa shape index (κ2) is 14.3. The van der Waals surface area contributed by atoms with E-state index in [1.54, 1.807) is 37.6 Å². The van der Waals surface area contributed by atoms with E-state index in [0.717, 1.165) is 43.0 Å². The number of likely N-dealkylation sites (tertiary alicyclic amines) is 1. The molecule has 4 aromatic rings. The van der Waals surface area contributed by atoms with Gasteiger partial charge in [0.1, 0.15) is 23.0 Å². The summed E-state index contributed by atoms with van der Waals surface area (Å²) in [6.45, 7) is 7.56. The van der Waals surface area contributed by atoms with Gasteiger partial charge in [-0.1, -0.05) is 19.1 Å². The molecular formula is C36H37F2N5O5. The Morgan fingerprint density at radius 3 is 2.50 bits per heavy atom. The number of amides is 2. The van der Waals surface area contributed by atoms with Gasteiger partial charge in [-0.3, -0.25) is 14.6 Å². The molecule has 10 nitrogen and oxygen atoms in total. The predicted octanol–water partition coefficient (Wildman–Crippen LogP) is 6.79. The van der Waals surface area contributed by atoms with Gasteiger partial charge in [0.2, 0.25) is 0 Å². The van der Waals surface area contributed by atoms with Crippen LogP contribution in [0.3, 0.4) is 0 Å². The number of rotatable bonds is 11. The first kappa shape index (κ1) is 32.8. The van der Waals surface area contributed by atoms with Gasteiger partial charge in [0.05, 0.1) is 25.2 Å². The number of nitrogens with zero attached hydrogens (tertiary/aromatic N) is 4. The number of ether oxygens (including phenoxy) is 3. The maximum atomic E-state index is 15.3. The Bertz CT molecular complexity index is 1860. The summed E-state index contributed by atoms with van der Waals surface area (Å²) in [5, 5.41) is 8.09. The lowest BCUT2D eigenvalue weighted by Crippen LogP contribution is -2.34. The third-order valence-electron chi connectivity index (χ3n) is 8.66. The Morgan fingerprint density at radius 2 is 1.75 bits per heavy atom. The van der Waals surface area contributed by atoms with Crippen LogP contribution in [0.15, 0.2) is 72.0 Å². The first-order valence-electron chi connectivity index (χ1n) is 16.0. The molecule has 3 heterocycles. The van der Waals surface area contributed by atoms with Crippen LogP contribution >= 0.6 is 0 Å². The number of hydrogen-bond donors (Lipinski definition) is 1. The number of methoxy groups -OCH3 is 1. The number of aromatic nitrogens is 1. The number of anilines is 2. The second-order valence-corrected chi connectivity index (χ2v) is 12.1. The molecule has 2 aliphatic heterocycles. The maximum absolute atomic E-state index is 15.3. The quantitative estimate of drug-likeness (QED) is 0.177. The molecule has 1 saturated heterocycles. The molecule has 0 aliphatic carbocycles. The molecule has 1 N–H and O–H groups in total. The number of carbonyl (C=O) groups is 2. The van der Waals surface area contributed by atoms with E-state index in [9.17, 15) is 14.0 Å². The molecule has 2 amide bonds. The highest BCUT2D eigenvalue weighted by molar-refractivity contribution is 6.49. The number of hydrogen-bond acceptors (Lipinski definition) is 8. The number of nitrogens with one attached hydrogen (secondary N) is 1. The summed E-state index contributed by atoms with van der Waals surface area (Å²) in [4.78, 5) is 32.7. The Hall–Kier alpha value is -5.10. The van der Waals surface area contributed by atoms with Crippen molar-refractivity contribution in [3.63, 3.8) is 0 Å². The molecule has 0 spiro atoms. The van der Waals surface area contributed by atoms with E-state index in [0.29, 0.717) is 34.8 Å². The van der Waals surface area contributed by atoms with Crippen molar-refractivity contribution in [1.82, 2.24) is 9.88 Å². The summed E-state index contributed by atoms with van der Waals surface area (Å²) in [6, 6.07) is 14.7. The van der Waals surface area contributed by atoms with E-state index in [1.165, 1.54) is 50.1 Å². The van der Waals surface area contributed by atoms with Crippen LogP contribution in [-0.2, 0) is 9.59 Å². The first-order valence-corrected chi connectivity index (χ1v) is 16.0. The highest BCUT2D eigenvalue weighted by atomic mass is 19.1. The van der Waals surface area contributed by atoms with Crippen molar-refractivity contribution < 1.29 is 32.6 Å². The zero-order chi connectivity index (χ0) is 33.8. The third-order valence-corrected chi connectivity index (χ3v) is 8.66. The minimum absolute atomic E-state index is 0.0623. The van der Waals surface area contributed by atoms with Crippen LogP contribution in [0.2, 0.25) is 0 Å². The van der Waals surface area contributed by atoms with Gasteiger partial charge in [-0.25, -0.2) is 8.78 Å². The Morgan fingerprint density at radius 1 is 0.958 bits per heavy atom. The van der Waals surface area contributed by atoms with Crippen molar-refractivity contribution >= 4 is 39.8 Å². The Kier molecular flexibility index (Phi) is 9.81. The Labute approximate surface area is 277 Å². The van der Waals surface area contributed by atoms with Gasteiger partial charge >= 0.3 is 0 Å². The van der Waals surface area contributed by atoms with Crippen molar-refractivity contribution in [3.8, 4) is 23.0 Å². The molecule has 0 bridgehead atoms. The van der Waals surface area contributed by atoms with E-state index in [2.05, 4.69) is 27.2 Å². The zero-order valence-electron chi connectivity index (χ0n) is 27.0. The van der Waals surface area contributed by atoms with E-state index in [1.807, 2.05) is 0 Å². The second-order valence-electron chi connectivity index (χ2n) is 12.1. The normalized spacial score (nSPS) is 17.0. The fourth-order valence-corrected chi connectivity index (χ4v) is 5.80. The summed E-state index contributed by atoms with van der Waals surface area (Å²) in [5.74, 6) is -1.46. The highest BCUT2D eigenvalue weighted by Gasteiger charge is 2.38. The van der Waals surface area contributed by atoms with Gasteiger partial charge in [-0.15, -0.1) is 0 Å². The van der Waals surface area contributed by atoms with Crippen molar-refractivity contribution in [1.29, 1.82) is 0 Å². The number of hydrazone groups is 1. The smallest absolute Gasteiger partial charge is 0.272 e. The maximum Gasteiger partial charge on any atom is 0.272 e. The number of pyridine rings is 1. The lowest BCUT2D eigenvalue weighted by molar-refractivity contribution is -0.120. The van der Waals surface area contributed by atoms with E-state index >= 15 is 4.39 Å². The highest BCUT2D eigenvalue weighted by Crippen LogP contribution is 2.38. The number of halogens is 2. The minimum Gasteiger partial charge on any atom is -0.493 e. The molecule has 1 aromatic heterocycles. The molecule has 3 aromatic carbocycles. The minimum atomic E-state index is -0.927. The van der Waals surface area contributed by atoms with Gasteiger partial charge in [-0.2, -0.15) is 10.1 Å². The molecule has 0 radical (unpaired) electrons. The van der Waals surface area contributed by atoms with Gasteiger partial charge in [0.15, 0.2) is 23.1 Å². The molecule has 1 atom stereocenters. The standard InChI is InChI=1S/C36H37F2N5O5/c1-22-12-16-42(17-13-22)15-6-18-47-33-21-28-25(20-32(33)46-3)30(11-14-39-28)48-31-10-9-24(19-27(31)38)40-35(44)34-23(2)36(45)43(41-34)29-8-5-4-7-26(29)37/h4-5,7-11,14,19-23H,6,12-13,15-18H2,1-3H3,(H,40,44). The van der Waals surface area contributed by atoms with Gasteiger partial charge in [-0.05, 0) is 81.6 Å². The predicted molar refractivity (Wildman–Crippen MR) is 179 cm³/mol. The average molecular weight is 658 g/mol. The molecule has 6 rings (SSSR count). The van der Waals surface area contributed by atoms with Gasteiger partial charge in [0, 0.05) is 35.9 Å². The Balaban J connectivity index is 1.12. The van der Waals surface area contributed by atoms with Crippen LogP contribution in [0.4, 0.5) is 20.2 Å². The average Bonchev–Trinajstić information content (AvgIpc) is 3.38. The summed E-state index contributed by atoms with van der Waals surface area (Å²) in [5.41, 5.74) is 0.520. The number of carbonyl (C=O) groups excluding carboxylic acids is 2. The topological polar surface area (TPSA) is 106 Å². The van der Waals surface area contributed by atoms with Crippen molar-refractivity contribution in [2.75, 3.05) is 43.7 Å². The summed E-state index contributed by atoms with van der Waals surface area (Å²) < 4.78 is 47.2. The molecule has 48 heavy (non-hydrogen) atoms. The monoisotopic (exact) mass is 657 g/mol. The number of piperidine rings is 1. The fourth-order valence-electron chi connectivity index (χ4n) is 5.80. The van der Waals surface area contributed by atoms with Crippen LogP contribution in [0.1, 0.15) is 33.1 Å². The first-order chi connectivity index (χ1) is 23.2. The lowest BCUT2D eigenvalue weighted by atomic mass is 9.99. The van der Waals surface area contributed by atoms with E-state index < -0.39 is 29.4 Å². The van der Waals surface area contributed by atoms with Crippen LogP contribution in [0.5, 0.6) is 23.0 Å². The third kappa shape index (κ3) is 7.08. The fraction of sp³-hybridized carbons (Fsp3) is 0.333. The molecule has 1 fully saturated rings. The van der Waals surface area contributed by atoms with Crippen LogP contribution in [0, 0.1) is 23.5 Å². The summed E-state index contributed by atoms with van der Waals surface area (Å²) in [6.07, 6.45) is 4.92. The zero-order valence-corrected chi connectivity index (χ0v) is 27.0. The van der Waals surface area contributed by atoms with Crippen molar-refractivity contribution in [2.24, 2.45) is 16.9 Å². The van der Waals surface area contributed by atoms with Crippen LogP contribution in [-0.4, -0.2) is 60.8 Å². The van der Waals surface area contributed by atoms with Gasteiger partial charge < -0.3 is 24.4 Å². The largest absolute Gasteiger partial charge is 0.493 e. The molecule has 12 heteroatoms. The molecule has 1 unspecified atom stereocenters. The van der Waals surface area contributed by atoms with Gasteiger partial charge in [0.25, 0.3) is 11.8 Å². The van der Waals surface area contributed by atoms with E-state index in [4.69, 9.17) is 14.2 Å². The molecule has 0 saturated carbocycles. The van der Waals surface area contributed by atoms with Crippen LogP contribution in [0.25, 0.3) is 10.9 Å². The SMILES string of the molecule is COc1cc2c(Oc3ccc(NC(=O)C4=NN(c5ccccc5F)C(=O)C4C)cc3F)ccnc2cc1OCCCN1CCC(C)CC1. The van der Waals surface area contributed by atoms with Crippen molar-refractivity contribution in [2.45, 2.75) is 33.1 Å². The number of benzene rings is 3. The molecule has 250 valence electrons.